The van der Waals surface area contributed by atoms with Gasteiger partial charge in [-0.15, -0.1) is 0 Å². The predicted octanol–water partition coefficient (Wildman–Crippen LogP) is 4.94. The van der Waals surface area contributed by atoms with E-state index in [9.17, 15) is 9.90 Å². The number of fused-ring (bicyclic) bond motifs is 1. The number of carboxylic acids is 1. The number of aromatic nitrogens is 5. The maximum absolute atomic E-state index is 11.7. The van der Waals surface area contributed by atoms with E-state index >= 15 is 0 Å². The first-order valence-electron chi connectivity index (χ1n) is 14.1. The molecule has 11 nitrogen and oxygen atoms in total. The van der Waals surface area contributed by atoms with Crippen molar-refractivity contribution in [2.75, 3.05) is 20.1 Å². The largest absolute Gasteiger partial charge is 0.483 e. The molecule has 1 saturated heterocycles. The van der Waals surface area contributed by atoms with E-state index in [4.69, 9.17) is 25.7 Å². The standard InChI is InChI=1S/C31H32ClN7O4/c1-3-38-19-34-12-24(38)16-39-27-10-21(31(40)41)4-6-26(27)36-29(39)17-37-14-20(15-37)8-25-13-35-30(43-25)18-42-28-7-5-23(32)9-22(28)11-33-2/h4-7,9-13,19-20H,3,8,14-18H2,1-2H3,(H,40,41)/b33-11+. The van der Waals surface area contributed by atoms with Gasteiger partial charge in [0.15, 0.2) is 6.61 Å². The van der Waals surface area contributed by atoms with E-state index in [1.54, 1.807) is 49.8 Å². The molecule has 1 fully saturated rings. The summed E-state index contributed by atoms with van der Waals surface area (Å²) in [7, 11) is 1.70. The number of hydrogen-bond donors (Lipinski definition) is 1. The molecule has 0 radical (unpaired) electrons. The number of ether oxygens (including phenoxy) is 1. The van der Waals surface area contributed by atoms with Crippen LogP contribution in [0.25, 0.3) is 11.0 Å². The Morgan fingerprint density at radius 3 is 2.86 bits per heavy atom. The van der Waals surface area contributed by atoms with Gasteiger partial charge in [0, 0.05) is 56.1 Å². The van der Waals surface area contributed by atoms with Gasteiger partial charge in [0.05, 0.1) is 47.9 Å². The molecule has 0 unspecified atom stereocenters. The number of benzene rings is 2. The van der Waals surface area contributed by atoms with Gasteiger partial charge in [-0.05, 0) is 49.2 Å². The second kappa shape index (κ2) is 12.4. The number of aromatic carboxylic acids is 1. The minimum atomic E-state index is -0.955. The van der Waals surface area contributed by atoms with E-state index in [0.717, 1.165) is 59.9 Å². The molecule has 6 rings (SSSR count). The number of rotatable bonds is 12. The lowest BCUT2D eigenvalue weighted by Gasteiger charge is -2.38. The number of hydrogen-bond acceptors (Lipinski definition) is 8. The molecule has 12 heteroatoms. The summed E-state index contributed by atoms with van der Waals surface area (Å²) in [5.74, 6) is 2.38. The van der Waals surface area contributed by atoms with Gasteiger partial charge >= 0.3 is 5.97 Å². The summed E-state index contributed by atoms with van der Waals surface area (Å²) < 4.78 is 16.1. The summed E-state index contributed by atoms with van der Waals surface area (Å²) in [4.78, 5) is 31.7. The van der Waals surface area contributed by atoms with Gasteiger partial charge in [0.2, 0.25) is 5.89 Å². The molecule has 0 bridgehead atoms. The zero-order chi connectivity index (χ0) is 29.9. The number of nitrogens with zero attached hydrogens (tertiary/aromatic N) is 7. The molecule has 1 N–H and O–H groups in total. The van der Waals surface area contributed by atoms with Gasteiger partial charge in [0.1, 0.15) is 17.3 Å². The number of likely N-dealkylation sites (tertiary alicyclic amines) is 1. The predicted molar refractivity (Wildman–Crippen MR) is 162 cm³/mol. The molecule has 4 heterocycles. The minimum absolute atomic E-state index is 0.208. The van der Waals surface area contributed by atoms with Gasteiger partial charge in [0.25, 0.3) is 0 Å². The van der Waals surface area contributed by atoms with Crippen molar-refractivity contribution in [3.8, 4) is 5.75 Å². The van der Waals surface area contributed by atoms with Crippen molar-refractivity contribution < 1.29 is 19.1 Å². The van der Waals surface area contributed by atoms with E-state index < -0.39 is 5.97 Å². The zero-order valence-corrected chi connectivity index (χ0v) is 24.7. The van der Waals surface area contributed by atoms with Gasteiger partial charge < -0.3 is 23.4 Å². The van der Waals surface area contributed by atoms with E-state index in [2.05, 4.69) is 35.9 Å². The van der Waals surface area contributed by atoms with E-state index in [0.29, 0.717) is 35.7 Å². The summed E-state index contributed by atoms with van der Waals surface area (Å²) in [5, 5.41) is 10.2. The molecular formula is C31H32ClN7O4. The molecule has 0 amide bonds. The van der Waals surface area contributed by atoms with Crippen molar-refractivity contribution in [1.82, 2.24) is 29.0 Å². The SMILES string of the molecule is CCn1cncc1Cn1c(CN2CC(Cc3cnc(COc4ccc(Cl)cc4/C=N/C)o3)C2)nc2ccc(C(=O)O)cc21. The molecule has 3 aromatic heterocycles. The Morgan fingerprint density at radius 1 is 1.21 bits per heavy atom. The molecule has 222 valence electrons. The Balaban J connectivity index is 1.09. The van der Waals surface area contributed by atoms with Gasteiger partial charge in [-0.3, -0.25) is 9.89 Å². The summed E-state index contributed by atoms with van der Waals surface area (Å²) in [6.45, 7) is 6.10. The van der Waals surface area contributed by atoms with Gasteiger partial charge in [-0.1, -0.05) is 11.6 Å². The van der Waals surface area contributed by atoms with Crippen LogP contribution in [0.2, 0.25) is 5.02 Å². The number of halogens is 1. The monoisotopic (exact) mass is 601 g/mol. The Hall–Kier alpha value is -4.48. The first-order valence-corrected chi connectivity index (χ1v) is 14.5. The summed E-state index contributed by atoms with van der Waals surface area (Å²) in [6, 6.07) is 10.5. The lowest BCUT2D eigenvalue weighted by atomic mass is 9.95. The van der Waals surface area contributed by atoms with Crippen molar-refractivity contribution >= 4 is 34.8 Å². The van der Waals surface area contributed by atoms with Crippen molar-refractivity contribution in [1.29, 1.82) is 0 Å². The van der Waals surface area contributed by atoms with Crippen LogP contribution in [-0.4, -0.2) is 66.4 Å². The van der Waals surface area contributed by atoms with Crippen LogP contribution in [0.4, 0.5) is 0 Å². The molecule has 0 aliphatic carbocycles. The second-order valence-corrected chi connectivity index (χ2v) is 11.1. The van der Waals surface area contributed by atoms with Crippen LogP contribution in [0, 0.1) is 5.92 Å². The smallest absolute Gasteiger partial charge is 0.335 e. The fraction of sp³-hybridized carbons (Fsp3) is 0.323. The first-order chi connectivity index (χ1) is 20.9. The Labute approximate surface area is 253 Å². The minimum Gasteiger partial charge on any atom is -0.483 e. The third-order valence-corrected chi connectivity index (χ3v) is 7.85. The zero-order valence-electron chi connectivity index (χ0n) is 24.0. The number of aryl methyl sites for hydroxylation is 1. The molecular weight excluding hydrogens is 570 g/mol. The topological polar surface area (TPSA) is 124 Å². The highest BCUT2D eigenvalue weighted by Gasteiger charge is 2.29. The van der Waals surface area contributed by atoms with Gasteiger partial charge in [-0.2, -0.15) is 0 Å². The molecule has 1 aliphatic rings. The third kappa shape index (κ3) is 6.32. The Kier molecular flexibility index (Phi) is 8.26. The van der Waals surface area contributed by atoms with Crippen LogP contribution >= 0.6 is 11.6 Å². The molecule has 5 aromatic rings. The second-order valence-electron chi connectivity index (χ2n) is 10.6. The lowest BCUT2D eigenvalue weighted by molar-refractivity contribution is 0.0697. The van der Waals surface area contributed by atoms with Crippen molar-refractivity contribution in [2.24, 2.45) is 10.9 Å². The number of carboxylic acid groups (broad SMARTS) is 1. The quantitative estimate of drug-likeness (QED) is 0.199. The summed E-state index contributed by atoms with van der Waals surface area (Å²) >= 11 is 6.10. The van der Waals surface area contributed by atoms with Crippen LogP contribution in [0.1, 0.15) is 46.0 Å². The van der Waals surface area contributed by atoms with Crippen LogP contribution in [0.15, 0.2) is 64.5 Å². The normalized spacial score (nSPS) is 14.1. The lowest BCUT2D eigenvalue weighted by Crippen LogP contribution is -2.47. The van der Waals surface area contributed by atoms with Crippen LogP contribution in [0.3, 0.4) is 0 Å². The average molecular weight is 602 g/mol. The number of oxazole rings is 1. The number of aliphatic imine (C=N–C) groups is 1. The molecule has 0 spiro atoms. The van der Waals surface area contributed by atoms with Crippen LogP contribution in [-0.2, 0) is 32.7 Å². The molecule has 0 atom stereocenters. The van der Waals surface area contributed by atoms with Gasteiger partial charge in [-0.25, -0.2) is 19.7 Å². The Morgan fingerprint density at radius 2 is 2.07 bits per heavy atom. The van der Waals surface area contributed by atoms with E-state index in [1.165, 1.54) is 0 Å². The summed E-state index contributed by atoms with van der Waals surface area (Å²) in [5.41, 5.74) is 3.67. The third-order valence-electron chi connectivity index (χ3n) is 7.61. The maximum Gasteiger partial charge on any atom is 0.335 e. The molecule has 2 aromatic carbocycles. The van der Waals surface area contributed by atoms with Crippen molar-refractivity contribution in [3.05, 3.63) is 94.4 Å². The fourth-order valence-electron chi connectivity index (χ4n) is 5.49. The number of imidazole rings is 2. The Bertz CT molecular complexity index is 1780. The highest BCUT2D eigenvalue weighted by atomic mass is 35.5. The highest BCUT2D eigenvalue weighted by molar-refractivity contribution is 6.30. The molecule has 43 heavy (non-hydrogen) atoms. The van der Waals surface area contributed by atoms with E-state index in [-0.39, 0.29) is 12.2 Å². The highest BCUT2D eigenvalue weighted by Crippen LogP contribution is 2.27. The first kappa shape index (κ1) is 28.6. The van der Waals surface area contributed by atoms with Crippen LogP contribution < -0.4 is 4.74 Å². The van der Waals surface area contributed by atoms with Crippen molar-refractivity contribution in [3.63, 3.8) is 0 Å². The average Bonchev–Trinajstić information content (AvgIpc) is 3.70. The summed E-state index contributed by atoms with van der Waals surface area (Å²) in [6.07, 6.45) is 7.92. The van der Waals surface area contributed by atoms with Crippen LogP contribution in [0.5, 0.6) is 5.75 Å². The van der Waals surface area contributed by atoms with E-state index in [1.807, 2.05) is 18.6 Å². The van der Waals surface area contributed by atoms with Crippen molar-refractivity contribution in [2.45, 2.75) is 39.6 Å². The molecule has 1 aliphatic heterocycles. The maximum atomic E-state index is 11.7. The fourth-order valence-corrected chi connectivity index (χ4v) is 5.67. The molecule has 0 saturated carbocycles. The number of carbonyl (C=O) groups is 1.